The van der Waals surface area contributed by atoms with Gasteiger partial charge in [-0.2, -0.15) is 0 Å². The van der Waals surface area contributed by atoms with Crippen LogP contribution in [0.1, 0.15) is 17.0 Å². The molecule has 5 nitrogen and oxygen atoms in total. The minimum atomic E-state index is -0.0978. The molecule has 2 aromatic rings. The van der Waals surface area contributed by atoms with Crippen LogP contribution in [0.25, 0.3) is 11.3 Å². The largest absolute Gasteiger partial charge is 0.350 e. The van der Waals surface area contributed by atoms with E-state index in [1.807, 2.05) is 24.1 Å². The molecule has 1 saturated heterocycles. The van der Waals surface area contributed by atoms with Crippen LogP contribution in [0.4, 0.5) is 0 Å². The van der Waals surface area contributed by atoms with Gasteiger partial charge in [-0.1, -0.05) is 28.9 Å². The summed E-state index contributed by atoms with van der Waals surface area (Å²) >= 11 is 5.97. The maximum atomic E-state index is 12.5. The van der Waals surface area contributed by atoms with E-state index in [2.05, 4.69) is 10.5 Å². The predicted octanol–water partition coefficient (Wildman–Crippen LogP) is 2.68. The Bertz CT molecular complexity index is 671. The molecular formula is C16H18ClN3O2. The SMILES string of the molecule is CNCC1CCN(C(=O)c2cc(-c3cccc(Cl)c3)no2)C1. The van der Waals surface area contributed by atoms with Crippen molar-refractivity contribution < 1.29 is 9.32 Å². The molecule has 0 radical (unpaired) electrons. The molecule has 1 aliphatic rings. The highest BCUT2D eigenvalue weighted by Gasteiger charge is 2.28. The fraction of sp³-hybridized carbons (Fsp3) is 0.375. The van der Waals surface area contributed by atoms with Gasteiger partial charge in [0.1, 0.15) is 5.69 Å². The number of rotatable bonds is 4. The number of amides is 1. The molecule has 1 aliphatic heterocycles. The third kappa shape index (κ3) is 3.15. The first-order chi connectivity index (χ1) is 10.7. The van der Waals surface area contributed by atoms with Gasteiger partial charge in [-0.05, 0) is 38.1 Å². The second kappa shape index (κ2) is 6.50. The molecule has 0 aliphatic carbocycles. The van der Waals surface area contributed by atoms with Crippen molar-refractivity contribution in [2.24, 2.45) is 5.92 Å². The van der Waals surface area contributed by atoms with E-state index >= 15 is 0 Å². The van der Waals surface area contributed by atoms with Crippen molar-refractivity contribution in [1.29, 1.82) is 0 Å². The molecule has 0 spiro atoms. The highest BCUT2D eigenvalue weighted by molar-refractivity contribution is 6.30. The second-order valence-electron chi connectivity index (χ2n) is 5.55. The Morgan fingerprint density at radius 2 is 2.36 bits per heavy atom. The lowest BCUT2D eigenvalue weighted by atomic mass is 10.1. The van der Waals surface area contributed by atoms with Crippen molar-refractivity contribution in [2.45, 2.75) is 6.42 Å². The van der Waals surface area contributed by atoms with Crippen LogP contribution >= 0.6 is 11.6 Å². The predicted molar refractivity (Wildman–Crippen MR) is 84.9 cm³/mol. The first-order valence-electron chi connectivity index (χ1n) is 7.34. The summed E-state index contributed by atoms with van der Waals surface area (Å²) in [4.78, 5) is 14.3. The zero-order valence-corrected chi connectivity index (χ0v) is 13.1. The summed E-state index contributed by atoms with van der Waals surface area (Å²) in [6.45, 7) is 2.44. The summed E-state index contributed by atoms with van der Waals surface area (Å²) in [7, 11) is 1.93. The van der Waals surface area contributed by atoms with E-state index in [0.717, 1.165) is 31.6 Å². The lowest BCUT2D eigenvalue weighted by molar-refractivity contribution is 0.0746. The van der Waals surface area contributed by atoms with Gasteiger partial charge in [0, 0.05) is 29.7 Å². The van der Waals surface area contributed by atoms with Crippen LogP contribution in [0.5, 0.6) is 0 Å². The molecule has 1 atom stereocenters. The molecule has 1 aromatic carbocycles. The number of aromatic nitrogens is 1. The van der Waals surface area contributed by atoms with Gasteiger partial charge in [0.05, 0.1) is 0 Å². The van der Waals surface area contributed by atoms with E-state index in [-0.39, 0.29) is 11.7 Å². The monoisotopic (exact) mass is 319 g/mol. The highest BCUT2D eigenvalue weighted by atomic mass is 35.5. The Morgan fingerprint density at radius 1 is 1.50 bits per heavy atom. The van der Waals surface area contributed by atoms with Crippen LogP contribution in [0.15, 0.2) is 34.9 Å². The maximum absolute atomic E-state index is 12.5. The quantitative estimate of drug-likeness (QED) is 0.941. The minimum Gasteiger partial charge on any atom is -0.350 e. The Balaban J connectivity index is 1.72. The van der Waals surface area contributed by atoms with Crippen molar-refractivity contribution in [3.05, 3.63) is 41.1 Å². The second-order valence-corrected chi connectivity index (χ2v) is 5.99. The van der Waals surface area contributed by atoms with Crippen molar-refractivity contribution in [3.8, 4) is 11.3 Å². The Labute approximate surface area is 134 Å². The summed E-state index contributed by atoms with van der Waals surface area (Å²) in [6.07, 6.45) is 1.02. The lowest BCUT2D eigenvalue weighted by Crippen LogP contribution is -2.30. The van der Waals surface area contributed by atoms with Crippen LogP contribution in [-0.2, 0) is 0 Å². The van der Waals surface area contributed by atoms with Crippen molar-refractivity contribution in [1.82, 2.24) is 15.4 Å². The fourth-order valence-corrected chi connectivity index (χ4v) is 2.98. The van der Waals surface area contributed by atoms with Crippen LogP contribution in [0, 0.1) is 5.92 Å². The van der Waals surface area contributed by atoms with Crippen molar-refractivity contribution in [3.63, 3.8) is 0 Å². The summed E-state index contributed by atoms with van der Waals surface area (Å²) in [6, 6.07) is 9.00. The van der Waals surface area contributed by atoms with E-state index in [9.17, 15) is 4.79 Å². The average Bonchev–Trinajstić information content (AvgIpc) is 3.16. The summed E-state index contributed by atoms with van der Waals surface area (Å²) < 4.78 is 5.23. The van der Waals surface area contributed by atoms with E-state index in [1.54, 1.807) is 18.2 Å². The molecule has 1 fully saturated rings. The highest BCUT2D eigenvalue weighted by Crippen LogP contribution is 2.24. The third-order valence-corrected chi connectivity index (χ3v) is 4.14. The Morgan fingerprint density at radius 3 is 3.14 bits per heavy atom. The number of likely N-dealkylation sites (tertiary alicyclic amines) is 1. The minimum absolute atomic E-state index is 0.0978. The van der Waals surface area contributed by atoms with Crippen LogP contribution in [0.3, 0.4) is 0 Å². The first kappa shape index (κ1) is 15.1. The molecule has 22 heavy (non-hydrogen) atoms. The number of hydrogen-bond acceptors (Lipinski definition) is 4. The van der Waals surface area contributed by atoms with Gasteiger partial charge >= 0.3 is 0 Å². The van der Waals surface area contributed by atoms with Gasteiger partial charge in [-0.15, -0.1) is 0 Å². The molecule has 3 rings (SSSR count). The summed E-state index contributed by atoms with van der Waals surface area (Å²) in [5.74, 6) is 0.684. The number of nitrogens with one attached hydrogen (secondary N) is 1. The van der Waals surface area contributed by atoms with Crippen molar-refractivity contribution in [2.75, 3.05) is 26.7 Å². The summed E-state index contributed by atoms with van der Waals surface area (Å²) in [5.41, 5.74) is 1.46. The number of carbonyl (C=O) groups is 1. The molecule has 1 N–H and O–H groups in total. The van der Waals surface area contributed by atoms with Gasteiger partial charge in [0.15, 0.2) is 0 Å². The van der Waals surface area contributed by atoms with E-state index in [0.29, 0.717) is 16.6 Å². The van der Waals surface area contributed by atoms with Crippen LogP contribution in [0.2, 0.25) is 5.02 Å². The molecule has 1 unspecified atom stereocenters. The average molecular weight is 320 g/mol. The molecule has 2 heterocycles. The Kier molecular flexibility index (Phi) is 4.45. The topological polar surface area (TPSA) is 58.4 Å². The first-order valence-corrected chi connectivity index (χ1v) is 7.71. The maximum Gasteiger partial charge on any atom is 0.292 e. The van der Waals surface area contributed by atoms with Gasteiger partial charge in [-0.3, -0.25) is 4.79 Å². The standard InChI is InChI=1S/C16H18ClN3O2/c1-18-9-11-5-6-20(10-11)16(21)15-8-14(19-22-15)12-3-2-4-13(17)7-12/h2-4,7-8,11,18H,5-6,9-10H2,1H3. The van der Waals surface area contributed by atoms with Crippen LogP contribution < -0.4 is 5.32 Å². The van der Waals surface area contributed by atoms with Gasteiger partial charge in [-0.25, -0.2) is 0 Å². The molecular weight excluding hydrogens is 302 g/mol. The molecule has 1 aromatic heterocycles. The number of hydrogen-bond donors (Lipinski definition) is 1. The van der Waals surface area contributed by atoms with E-state index in [1.165, 1.54) is 0 Å². The smallest absolute Gasteiger partial charge is 0.292 e. The van der Waals surface area contributed by atoms with Gasteiger partial charge in [0.25, 0.3) is 5.91 Å². The molecule has 0 bridgehead atoms. The molecule has 1 amide bonds. The third-order valence-electron chi connectivity index (χ3n) is 3.91. The van der Waals surface area contributed by atoms with E-state index in [4.69, 9.17) is 16.1 Å². The van der Waals surface area contributed by atoms with Gasteiger partial charge in [0.2, 0.25) is 5.76 Å². The fourth-order valence-electron chi connectivity index (χ4n) is 2.79. The molecule has 116 valence electrons. The Hall–Kier alpha value is -1.85. The zero-order chi connectivity index (χ0) is 15.5. The number of benzene rings is 1. The zero-order valence-electron chi connectivity index (χ0n) is 12.4. The number of nitrogens with zero attached hydrogens (tertiary/aromatic N) is 2. The lowest BCUT2D eigenvalue weighted by Gasteiger charge is -2.14. The number of halogens is 1. The number of carbonyl (C=O) groups excluding carboxylic acids is 1. The van der Waals surface area contributed by atoms with Gasteiger partial charge < -0.3 is 14.7 Å². The van der Waals surface area contributed by atoms with E-state index < -0.39 is 0 Å². The summed E-state index contributed by atoms with van der Waals surface area (Å²) in [5, 5.41) is 7.76. The van der Waals surface area contributed by atoms with Crippen LogP contribution in [-0.4, -0.2) is 42.6 Å². The normalized spacial score (nSPS) is 17.9. The molecule has 6 heteroatoms. The molecule has 0 saturated carbocycles. The van der Waals surface area contributed by atoms with Crippen molar-refractivity contribution >= 4 is 17.5 Å².